The zero-order chi connectivity index (χ0) is 20.9. The van der Waals surface area contributed by atoms with Crippen LogP contribution in [0.1, 0.15) is 11.5 Å². The molecule has 1 saturated heterocycles. The van der Waals surface area contributed by atoms with E-state index in [0.29, 0.717) is 55.0 Å². The van der Waals surface area contributed by atoms with Crippen molar-refractivity contribution in [3.8, 4) is 11.4 Å². The number of hydrogen-bond acceptors (Lipinski definition) is 5. The fraction of sp³-hybridized carbons (Fsp3) is 0.227. The van der Waals surface area contributed by atoms with Gasteiger partial charge in [-0.25, -0.2) is 4.39 Å². The number of rotatable bonds is 5. The van der Waals surface area contributed by atoms with Gasteiger partial charge < -0.3 is 9.42 Å². The van der Waals surface area contributed by atoms with Gasteiger partial charge >= 0.3 is 0 Å². The van der Waals surface area contributed by atoms with E-state index in [2.05, 4.69) is 15.0 Å². The molecule has 6 nitrogen and oxygen atoms in total. The van der Waals surface area contributed by atoms with Crippen LogP contribution >= 0.6 is 11.6 Å². The van der Waals surface area contributed by atoms with Crippen molar-refractivity contribution in [3.63, 3.8) is 0 Å². The summed E-state index contributed by atoms with van der Waals surface area (Å²) in [6.45, 7) is 3.15. The van der Waals surface area contributed by atoms with E-state index in [1.165, 1.54) is 18.2 Å². The normalized spacial score (nSPS) is 15.1. The summed E-state index contributed by atoms with van der Waals surface area (Å²) in [5, 5.41) is 4.68. The maximum absolute atomic E-state index is 13.2. The highest BCUT2D eigenvalue weighted by Gasteiger charge is 2.21. The van der Waals surface area contributed by atoms with Gasteiger partial charge in [0.25, 0.3) is 0 Å². The minimum absolute atomic E-state index is 0.0817. The Labute approximate surface area is 178 Å². The number of hydrogen-bond donors (Lipinski definition) is 0. The molecule has 8 heteroatoms. The third-order valence-electron chi connectivity index (χ3n) is 4.88. The number of halogens is 2. The van der Waals surface area contributed by atoms with E-state index in [1.54, 1.807) is 35.2 Å². The van der Waals surface area contributed by atoms with Crippen molar-refractivity contribution in [2.24, 2.45) is 0 Å². The van der Waals surface area contributed by atoms with Crippen LogP contribution in [-0.2, 0) is 11.3 Å². The summed E-state index contributed by atoms with van der Waals surface area (Å²) >= 11 is 5.91. The fourth-order valence-corrected chi connectivity index (χ4v) is 3.36. The lowest BCUT2D eigenvalue weighted by atomic mass is 10.2. The molecule has 0 bridgehead atoms. The monoisotopic (exact) mass is 426 g/mol. The standard InChI is InChI=1S/C22H20ClFN4O2/c23-18-7-5-17(6-8-18)22-25-20(30-26-22)15-27-10-12-28(13-11-27)21(29)9-4-16-2-1-3-19(24)14-16/h1-9,14H,10-13,15H2. The van der Waals surface area contributed by atoms with Crippen LogP contribution in [0.4, 0.5) is 4.39 Å². The van der Waals surface area contributed by atoms with E-state index in [9.17, 15) is 9.18 Å². The fourth-order valence-electron chi connectivity index (χ4n) is 3.24. The molecule has 1 aliphatic rings. The third kappa shape index (κ3) is 5.11. The van der Waals surface area contributed by atoms with Crippen LogP contribution in [0.3, 0.4) is 0 Å². The van der Waals surface area contributed by atoms with E-state index in [1.807, 2.05) is 12.1 Å². The Balaban J connectivity index is 1.28. The molecule has 1 aliphatic heterocycles. The summed E-state index contributed by atoms with van der Waals surface area (Å²) in [5.41, 5.74) is 1.50. The van der Waals surface area contributed by atoms with Gasteiger partial charge in [-0.3, -0.25) is 9.69 Å². The summed E-state index contributed by atoms with van der Waals surface area (Å²) in [6, 6.07) is 13.4. The molecule has 3 aromatic rings. The molecule has 4 rings (SSSR count). The number of benzene rings is 2. The average molecular weight is 427 g/mol. The Hall–Kier alpha value is -3.03. The number of carbonyl (C=O) groups is 1. The van der Waals surface area contributed by atoms with Crippen LogP contribution in [0.5, 0.6) is 0 Å². The van der Waals surface area contributed by atoms with E-state index in [-0.39, 0.29) is 11.7 Å². The van der Waals surface area contributed by atoms with Gasteiger partial charge in [0.1, 0.15) is 5.82 Å². The predicted octanol–water partition coefficient (Wildman–Crippen LogP) is 3.89. The summed E-state index contributed by atoms with van der Waals surface area (Å²) < 4.78 is 18.6. The zero-order valence-electron chi connectivity index (χ0n) is 16.2. The smallest absolute Gasteiger partial charge is 0.246 e. The first-order valence-electron chi connectivity index (χ1n) is 9.60. The van der Waals surface area contributed by atoms with Crippen LogP contribution in [0, 0.1) is 5.82 Å². The highest BCUT2D eigenvalue weighted by Crippen LogP contribution is 2.19. The number of carbonyl (C=O) groups excluding carboxylic acids is 1. The van der Waals surface area contributed by atoms with Crippen molar-refractivity contribution in [1.82, 2.24) is 19.9 Å². The molecule has 0 spiro atoms. The van der Waals surface area contributed by atoms with Crippen LogP contribution in [-0.4, -0.2) is 52.0 Å². The van der Waals surface area contributed by atoms with E-state index >= 15 is 0 Å². The summed E-state index contributed by atoms with van der Waals surface area (Å²) in [7, 11) is 0. The predicted molar refractivity (Wildman–Crippen MR) is 112 cm³/mol. The Morgan fingerprint density at radius 3 is 2.63 bits per heavy atom. The second-order valence-electron chi connectivity index (χ2n) is 7.01. The Morgan fingerprint density at radius 2 is 1.90 bits per heavy atom. The summed E-state index contributed by atoms with van der Waals surface area (Å²) in [5.74, 6) is 0.656. The molecule has 30 heavy (non-hydrogen) atoms. The molecule has 0 unspecified atom stereocenters. The van der Waals surface area contributed by atoms with Gasteiger partial charge in [0.15, 0.2) is 0 Å². The highest BCUT2D eigenvalue weighted by atomic mass is 35.5. The number of piperazine rings is 1. The van der Waals surface area contributed by atoms with Gasteiger partial charge in [-0.1, -0.05) is 28.9 Å². The summed E-state index contributed by atoms with van der Waals surface area (Å²) in [4.78, 5) is 20.8. The van der Waals surface area contributed by atoms with Gasteiger partial charge in [-0.2, -0.15) is 4.98 Å². The second kappa shape index (κ2) is 9.19. The number of amides is 1. The van der Waals surface area contributed by atoms with E-state index in [4.69, 9.17) is 16.1 Å². The molecule has 0 N–H and O–H groups in total. The van der Waals surface area contributed by atoms with E-state index in [0.717, 1.165) is 5.56 Å². The maximum atomic E-state index is 13.2. The van der Waals surface area contributed by atoms with Crippen molar-refractivity contribution in [2.75, 3.05) is 26.2 Å². The lowest BCUT2D eigenvalue weighted by Gasteiger charge is -2.33. The van der Waals surface area contributed by atoms with Gasteiger partial charge in [0.2, 0.25) is 17.6 Å². The van der Waals surface area contributed by atoms with Crippen LogP contribution in [0.15, 0.2) is 59.1 Å². The molecule has 1 amide bonds. The zero-order valence-corrected chi connectivity index (χ0v) is 16.9. The molecule has 154 valence electrons. The van der Waals surface area contributed by atoms with Crippen LogP contribution < -0.4 is 0 Å². The Morgan fingerprint density at radius 1 is 1.13 bits per heavy atom. The average Bonchev–Trinajstić information content (AvgIpc) is 3.21. The Bertz CT molecular complexity index is 1040. The maximum Gasteiger partial charge on any atom is 0.246 e. The first-order chi connectivity index (χ1) is 14.6. The SMILES string of the molecule is O=C(C=Cc1cccc(F)c1)N1CCN(Cc2nc(-c3ccc(Cl)cc3)no2)CC1. The minimum atomic E-state index is -0.321. The molecule has 2 heterocycles. The molecule has 1 aromatic heterocycles. The van der Waals surface area contributed by atoms with E-state index < -0.39 is 0 Å². The quantitative estimate of drug-likeness (QED) is 0.579. The molecule has 0 atom stereocenters. The lowest BCUT2D eigenvalue weighted by molar-refractivity contribution is -0.127. The van der Waals surface area contributed by atoms with Gasteiger partial charge in [-0.05, 0) is 48.0 Å². The molecule has 0 saturated carbocycles. The van der Waals surface area contributed by atoms with Gasteiger partial charge in [-0.15, -0.1) is 0 Å². The lowest BCUT2D eigenvalue weighted by Crippen LogP contribution is -2.47. The molecular formula is C22H20ClFN4O2. The number of nitrogens with zero attached hydrogens (tertiary/aromatic N) is 4. The second-order valence-corrected chi connectivity index (χ2v) is 7.44. The van der Waals surface area contributed by atoms with Crippen molar-refractivity contribution in [3.05, 3.63) is 76.9 Å². The third-order valence-corrected chi connectivity index (χ3v) is 5.13. The number of aromatic nitrogens is 2. The molecular weight excluding hydrogens is 407 g/mol. The molecule has 2 aromatic carbocycles. The van der Waals surface area contributed by atoms with Crippen LogP contribution in [0.2, 0.25) is 5.02 Å². The Kier molecular flexibility index (Phi) is 6.21. The topological polar surface area (TPSA) is 62.5 Å². The van der Waals surface area contributed by atoms with Crippen molar-refractivity contribution in [1.29, 1.82) is 0 Å². The van der Waals surface area contributed by atoms with Crippen LogP contribution in [0.25, 0.3) is 17.5 Å². The highest BCUT2D eigenvalue weighted by molar-refractivity contribution is 6.30. The first-order valence-corrected chi connectivity index (χ1v) is 9.98. The summed E-state index contributed by atoms with van der Waals surface area (Å²) in [6.07, 6.45) is 3.12. The molecule has 0 aliphatic carbocycles. The van der Waals surface area contributed by atoms with Crippen molar-refractivity contribution in [2.45, 2.75) is 6.54 Å². The van der Waals surface area contributed by atoms with Gasteiger partial charge in [0.05, 0.1) is 6.54 Å². The van der Waals surface area contributed by atoms with Gasteiger partial charge in [0, 0.05) is 42.8 Å². The minimum Gasteiger partial charge on any atom is -0.338 e. The largest absolute Gasteiger partial charge is 0.338 e. The van der Waals surface area contributed by atoms with Crippen molar-refractivity contribution < 1.29 is 13.7 Å². The first kappa shape index (κ1) is 20.3. The molecule has 1 fully saturated rings. The van der Waals surface area contributed by atoms with Crippen molar-refractivity contribution >= 4 is 23.6 Å². The molecule has 0 radical (unpaired) electrons.